The van der Waals surface area contributed by atoms with Crippen molar-refractivity contribution in [2.75, 3.05) is 7.11 Å². The van der Waals surface area contributed by atoms with E-state index in [1.165, 1.54) is 0 Å². The fourth-order valence-electron chi connectivity index (χ4n) is 3.32. The van der Waals surface area contributed by atoms with Crippen molar-refractivity contribution in [1.29, 1.82) is 0 Å². The van der Waals surface area contributed by atoms with Gasteiger partial charge in [-0.3, -0.25) is 15.0 Å². The second-order valence-electron chi connectivity index (χ2n) is 5.94. The average molecular weight is 303 g/mol. The Kier molecular flexibility index (Phi) is 4.40. The summed E-state index contributed by atoms with van der Waals surface area (Å²) < 4.78 is 5.41. The van der Waals surface area contributed by atoms with E-state index >= 15 is 0 Å². The Morgan fingerprint density at radius 2 is 2.23 bits per heavy atom. The predicted octanol–water partition coefficient (Wildman–Crippen LogP) is 2.43. The van der Waals surface area contributed by atoms with Crippen molar-refractivity contribution in [2.24, 2.45) is 5.92 Å². The normalized spacial score (nSPS) is 21.9. The van der Waals surface area contributed by atoms with Crippen LogP contribution in [0.5, 0.6) is 0 Å². The molecule has 22 heavy (non-hydrogen) atoms. The highest BCUT2D eigenvalue weighted by molar-refractivity contribution is 6.04. The van der Waals surface area contributed by atoms with Crippen LogP contribution in [0.2, 0.25) is 0 Å². The molecule has 118 valence electrons. The monoisotopic (exact) mass is 303 g/mol. The van der Waals surface area contributed by atoms with Gasteiger partial charge in [0.05, 0.1) is 22.7 Å². The molecule has 6 heteroatoms. The van der Waals surface area contributed by atoms with Gasteiger partial charge in [-0.25, -0.2) is 5.48 Å². The molecular formula is C16H21N3O3. The first-order chi connectivity index (χ1) is 10.7. The van der Waals surface area contributed by atoms with Gasteiger partial charge in [0.15, 0.2) is 0 Å². The summed E-state index contributed by atoms with van der Waals surface area (Å²) in [5.74, 6) is 0.107. The van der Waals surface area contributed by atoms with E-state index in [1.807, 2.05) is 6.07 Å². The second kappa shape index (κ2) is 6.46. The van der Waals surface area contributed by atoms with Gasteiger partial charge in [-0.15, -0.1) is 0 Å². The molecule has 2 aromatic rings. The van der Waals surface area contributed by atoms with Crippen molar-refractivity contribution >= 4 is 16.9 Å². The number of pyridine rings is 1. The van der Waals surface area contributed by atoms with Gasteiger partial charge in [-0.1, -0.05) is 0 Å². The van der Waals surface area contributed by atoms with E-state index in [1.54, 1.807) is 24.9 Å². The number of aromatic nitrogens is 2. The zero-order chi connectivity index (χ0) is 15.5. The lowest BCUT2D eigenvalue weighted by atomic mass is 9.84. The fraction of sp³-hybridized carbons (Fsp3) is 0.500. The van der Waals surface area contributed by atoms with Gasteiger partial charge in [0.1, 0.15) is 0 Å². The van der Waals surface area contributed by atoms with Crippen molar-refractivity contribution in [2.45, 2.75) is 38.2 Å². The minimum absolute atomic E-state index is 0.403. The number of H-pyrrole nitrogens is 1. The maximum absolute atomic E-state index is 11.7. The molecular weight excluding hydrogens is 282 g/mol. The number of ether oxygens (including phenoxy) is 1. The number of methoxy groups -OCH3 is 1. The van der Waals surface area contributed by atoms with E-state index in [4.69, 9.17) is 9.94 Å². The maximum atomic E-state index is 11.7. The number of rotatable bonds is 4. The minimum Gasteiger partial charge on any atom is -0.381 e. The molecule has 1 aliphatic carbocycles. The standard InChI is InChI=1S/C16H21N3O3/c1-22-12-4-2-10(3-5-12)8-11-9-14-15(18-11)13(6-7-17-14)16(20)19-21/h6-7,9-10,12,18,21H,2-5,8H2,1H3,(H,19,20). The van der Waals surface area contributed by atoms with Gasteiger partial charge in [0.2, 0.25) is 0 Å². The van der Waals surface area contributed by atoms with Crippen molar-refractivity contribution < 1.29 is 14.7 Å². The van der Waals surface area contributed by atoms with Crippen LogP contribution >= 0.6 is 0 Å². The molecule has 1 saturated carbocycles. The number of hydrogen-bond donors (Lipinski definition) is 3. The molecule has 0 atom stereocenters. The summed E-state index contributed by atoms with van der Waals surface area (Å²) in [7, 11) is 1.78. The van der Waals surface area contributed by atoms with E-state index in [0.29, 0.717) is 23.1 Å². The Labute approximate surface area is 128 Å². The summed E-state index contributed by atoms with van der Waals surface area (Å²) in [4.78, 5) is 19.2. The zero-order valence-electron chi connectivity index (χ0n) is 12.6. The molecule has 1 aliphatic rings. The lowest BCUT2D eigenvalue weighted by Crippen LogP contribution is -2.21. The van der Waals surface area contributed by atoms with Gasteiger partial charge in [-0.2, -0.15) is 0 Å². The van der Waals surface area contributed by atoms with Gasteiger partial charge in [0, 0.05) is 19.0 Å². The van der Waals surface area contributed by atoms with Crippen molar-refractivity contribution in [3.05, 3.63) is 29.6 Å². The molecule has 1 fully saturated rings. The number of amides is 1. The third kappa shape index (κ3) is 2.98. The van der Waals surface area contributed by atoms with Crippen LogP contribution in [0.1, 0.15) is 41.7 Å². The van der Waals surface area contributed by atoms with E-state index in [2.05, 4.69) is 9.97 Å². The van der Waals surface area contributed by atoms with Crippen molar-refractivity contribution in [3.63, 3.8) is 0 Å². The van der Waals surface area contributed by atoms with E-state index in [0.717, 1.165) is 43.3 Å². The molecule has 0 bridgehead atoms. The van der Waals surface area contributed by atoms with E-state index < -0.39 is 5.91 Å². The number of nitrogens with zero attached hydrogens (tertiary/aromatic N) is 1. The number of hydroxylamine groups is 1. The number of nitrogens with one attached hydrogen (secondary N) is 2. The highest BCUT2D eigenvalue weighted by Crippen LogP contribution is 2.29. The first kappa shape index (κ1) is 15.0. The zero-order valence-corrected chi connectivity index (χ0v) is 12.6. The predicted molar refractivity (Wildman–Crippen MR) is 81.8 cm³/mol. The molecule has 0 unspecified atom stereocenters. The third-order valence-electron chi connectivity index (χ3n) is 4.56. The molecule has 2 heterocycles. The highest BCUT2D eigenvalue weighted by atomic mass is 16.5. The number of aromatic amines is 1. The van der Waals surface area contributed by atoms with Gasteiger partial charge in [-0.05, 0) is 50.2 Å². The van der Waals surface area contributed by atoms with Gasteiger partial charge >= 0.3 is 0 Å². The van der Waals surface area contributed by atoms with Gasteiger partial charge < -0.3 is 9.72 Å². The Morgan fingerprint density at radius 3 is 2.91 bits per heavy atom. The number of fused-ring (bicyclic) bond motifs is 1. The third-order valence-corrected chi connectivity index (χ3v) is 4.56. The molecule has 0 aromatic carbocycles. The summed E-state index contributed by atoms with van der Waals surface area (Å²) in [5.41, 5.74) is 4.59. The molecule has 1 amide bonds. The topological polar surface area (TPSA) is 87.2 Å². The van der Waals surface area contributed by atoms with Crippen LogP contribution in [0.3, 0.4) is 0 Å². The summed E-state index contributed by atoms with van der Waals surface area (Å²) in [5, 5.41) is 8.82. The molecule has 3 rings (SSSR count). The molecule has 3 N–H and O–H groups in total. The average Bonchev–Trinajstić information content (AvgIpc) is 2.97. The molecule has 6 nitrogen and oxygen atoms in total. The number of carbonyl (C=O) groups is 1. The first-order valence-electron chi connectivity index (χ1n) is 7.65. The summed E-state index contributed by atoms with van der Waals surface area (Å²) in [6, 6.07) is 3.59. The van der Waals surface area contributed by atoms with Crippen molar-refractivity contribution in [1.82, 2.24) is 15.4 Å². The lowest BCUT2D eigenvalue weighted by molar-refractivity contribution is 0.0567. The fourth-order valence-corrected chi connectivity index (χ4v) is 3.32. The van der Waals surface area contributed by atoms with Gasteiger partial charge in [0.25, 0.3) is 5.91 Å². The lowest BCUT2D eigenvalue weighted by Gasteiger charge is -2.27. The summed E-state index contributed by atoms with van der Waals surface area (Å²) in [6.45, 7) is 0. The Bertz CT molecular complexity index is 660. The van der Waals surface area contributed by atoms with Crippen LogP contribution < -0.4 is 5.48 Å². The Morgan fingerprint density at radius 1 is 1.45 bits per heavy atom. The molecule has 0 spiro atoms. The second-order valence-corrected chi connectivity index (χ2v) is 5.94. The molecule has 2 aromatic heterocycles. The Hall–Kier alpha value is -1.92. The van der Waals surface area contributed by atoms with E-state index in [-0.39, 0.29) is 0 Å². The maximum Gasteiger partial charge on any atom is 0.276 e. The number of hydrogen-bond acceptors (Lipinski definition) is 4. The SMILES string of the molecule is COC1CCC(Cc2cc3nccc(C(=O)NO)c3[nH]2)CC1. The minimum atomic E-state index is -0.526. The molecule has 0 saturated heterocycles. The largest absolute Gasteiger partial charge is 0.381 e. The first-order valence-corrected chi connectivity index (χ1v) is 7.65. The van der Waals surface area contributed by atoms with Crippen LogP contribution in [-0.2, 0) is 11.2 Å². The smallest absolute Gasteiger partial charge is 0.276 e. The molecule has 0 radical (unpaired) electrons. The van der Waals surface area contributed by atoms with E-state index in [9.17, 15) is 4.79 Å². The summed E-state index contributed by atoms with van der Waals surface area (Å²) >= 11 is 0. The summed E-state index contributed by atoms with van der Waals surface area (Å²) in [6.07, 6.45) is 7.47. The van der Waals surface area contributed by atoms with Crippen LogP contribution in [-0.4, -0.2) is 34.3 Å². The highest BCUT2D eigenvalue weighted by Gasteiger charge is 2.22. The van der Waals surface area contributed by atoms with Crippen LogP contribution in [0, 0.1) is 5.92 Å². The van der Waals surface area contributed by atoms with Crippen LogP contribution in [0.25, 0.3) is 11.0 Å². The van der Waals surface area contributed by atoms with Crippen LogP contribution in [0.4, 0.5) is 0 Å². The Balaban J connectivity index is 1.77. The molecule has 0 aliphatic heterocycles. The quantitative estimate of drug-likeness (QED) is 0.598. The van der Waals surface area contributed by atoms with Crippen LogP contribution in [0.15, 0.2) is 18.3 Å². The number of carbonyl (C=O) groups excluding carboxylic acids is 1. The van der Waals surface area contributed by atoms with Crippen molar-refractivity contribution in [3.8, 4) is 0 Å².